The van der Waals surface area contributed by atoms with Crippen molar-refractivity contribution in [2.75, 3.05) is 6.61 Å². The van der Waals surface area contributed by atoms with Crippen molar-refractivity contribution in [3.8, 4) is 5.75 Å². The molecule has 0 bridgehead atoms. The molecule has 0 heterocycles. The van der Waals surface area contributed by atoms with E-state index < -0.39 is 0 Å². The van der Waals surface area contributed by atoms with Gasteiger partial charge in [0.2, 0.25) is 0 Å². The summed E-state index contributed by atoms with van der Waals surface area (Å²) in [7, 11) is 2.21. The zero-order valence-corrected chi connectivity index (χ0v) is 12.2. The number of ether oxygens (including phenoxy) is 1. The molecule has 0 aromatic heterocycles. The van der Waals surface area contributed by atoms with Gasteiger partial charge in [-0.25, -0.2) is 0 Å². The van der Waals surface area contributed by atoms with Crippen molar-refractivity contribution in [1.29, 1.82) is 0 Å². The van der Waals surface area contributed by atoms with Gasteiger partial charge >= 0.3 is 0 Å². The molecular formula is C14H23BClNO. The van der Waals surface area contributed by atoms with E-state index >= 15 is 0 Å². The lowest BCUT2D eigenvalue weighted by Gasteiger charge is -2.24. The minimum atomic E-state index is -0.123. The van der Waals surface area contributed by atoms with E-state index in [0.29, 0.717) is 6.61 Å². The molecule has 2 nitrogen and oxygen atoms in total. The van der Waals surface area contributed by atoms with Crippen LogP contribution in [0.5, 0.6) is 5.75 Å². The van der Waals surface area contributed by atoms with E-state index in [2.05, 4.69) is 14.8 Å². The zero-order valence-electron chi connectivity index (χ0n) is 11.4. The summed E-state index contributed by atoms with van der Waals surface area (Å²) in [5.41, 5.74) is 6.12. The van der Waals surface area contributed by atoms with Crippen LogP contribution in [0.25, 0.3) is 0 Å². The Balaban J connectivity index is 2.25. The average molecular weight is 268 g/mol. The van der Waals surface area contributed by atoms with Crippen LogP contribution in [0.3, 0.4) is 0 Å². The smallest absolute Gasteiger partial charge is 0.119 e. The van der Waals surface area contributed by atoms with Crippen LogP contribution in [0.1, 0.15) is 32.6 Å². The molecule has 0 saturated carbocycles. The lowest BCUT2D eigenvalue weighted by atomic mass is 9.90. The predicted octanol–water partition coefficient (Wildman–Crippen LogP) is 3.05. The molecule has 0 aliphatic carbocycles. The van der Waals surface area contributed by atoms with Crippen LogP contribution in [0.15, 0.2) is 24.3 Å². The molecule has 4 heteroatoms. The summed E-state index contributed by atoms with van der Waals surface area (Å²) >= 11 is 5.81. The van der Waals surface area contributed by atoms with E-state index in [9.17, 15) is 0 Å². The second-order valence-corrected chi connectivity index (χ2v) is 5.60. The van der Waals surface area contributed by atoms with Crippen LogP contribution in [-0.4, -0.2) is 20.0 Å². The van der Waals surface area contributed by atoms with Gasteiger partial charge < -0.3 is 10.5 Å². The largest absolute Gasteiger partial charge is 0.494 e. The van der Waals surface area contributed by atoms with Crippen LogP contribution in [0.2, 0.25) is 11.3 Å². The summed E-state index contributed by atoms with van der Waals surface area (Å²) in [6, 6.07) is 7.43. The molecule has 1 aromatic rings. The van der Waals surface area contributed by atoms with Crippen molar-refractivity contribution in [1.82, 2.24) is 0 Å². The first kappa shape index (κ1) is 15.4. The van der Waals surface area contributed by atoms with Crippen LogP contribution < -0.4 is 10.5 Å². The molecule has 18 heavy (non-hydrogen) atoms. The normalized spacial score (nSPS) is 14.2. The lowest BCUT2D eigenvalue weighted by Crippen LogP contribution is -2.37. The van der Waals surface area contributed by atoms with Gasteiger partial charge in [0.1, 0.15) is 13.6 Å². The standard InChI is InChI=1S/C14H23BClNO/c1-14(17,8-2-3-10-15)9-11-18-13-6-4-12(16)5-7-13/h4-7H,2-3,8-11,15,17H2,1H3. The summed E-state index contributed by atoms with van der Waals surface area (Å²) in [4.78, 5) is 0. The Labute approximate surface area is 116 Å². The van der Waals surface area contributed by atoms with Gasteiger partial charge in [-0.2, -0.15) is 0 Å². The summed E-state index contributed by atoms with van der Waals surface area (Å²) in [6.45, 7) is 2.76. The molecule has 0 fully saturated rings. The van der Waals surface area contributed by atoms with Gasteiger partial charge in [-0.3, -0.25) is 0 Å². The first-order valence-corrected chi connectivity index (χ1v) is 7.08. The molecule has 0 saturated heterocycles. The summed E-state index contributed by atoms with van der Waals surface area (Å²) in [6.07, 6.45) is 5.62. The number of hydrogen-bond acceptors (Lipinski definition) is 2. The number of rotatable bonds is 8. The number of halogens is 1. The van der Waals surface area contributed by atoms with E-state index in [1.54, 1.807) is 0 Å². The Hall–Kier alpha value is -0.665. The number of benzene rings is 1. The van der Waals surface area contributed by atoms with E-state index in [1.807, 2.05) is 24.3 Å². The first-order chi connectivity index (χ1) is 8.53. The van der Waals surface area contributed by atoms with Gasteiger partial charge in [0.25, 0.3) is 0 Å². The predicted molar refractivity (Wildman–Crippen MR) is 81.4 cm³/mol. The van der Waals surface area contributed by atoms with Crippen molar-refractivity contribution in [2.24, 2.45) is 5.73 Å². The summed E-state index contributed by atoms with van der Waals surface area (Å²) in [5.74, 6) is 0.851. The van der Waals surface area contributed by atoms with Gasteiger partial charge in [-0.1, -0.05) is 30.8 Å². The van der Waals surface area contributed by atoms with E-state index in [0.717, 1.165) is 23.6 Å². The third-order valence-electron chi connectivity index (χ3n) is 3.11. The third kappa shape index (κ3) is 6.32. The molecule has 1 unspecified atom stereocenters. The fourth-order valence-electron chi connectivity index (χ4n) is 1.84. The summed E-state index contributed by atoms with van der Waals surface area (Å²) in [5, 5.41) is 0.727. The van der Waals surface area contributed by atoms with E-state index in [1.165, 1.54) is 19.2 Å². The van der Waals surface area contributed by atoms with Crippen molar-refractivity contribution in [3.63, 3.8) is 0 Å². The van der Waals surface area contributed by atoms with Gasteiger partial charge in [-0.05, 0) is 44.0 Å². The molecule has 0 aliphatic rings. The van der Waals surface area contributed by atoms with Crippen LogP contribution in [-0.2, 0) is 0 Å². The SMILES string of the molecule is BCCCCC(C)(N)CCOc1ccc(Cl)cc1. The second kappa shape index (κ2) is 7.70. The highest BCUT2D eigenvalue weighted by atomic mass is 35.5. The van der Waals surface area contributed by atoms with Gasteiger partial charge in [0, 0.05) is 10.6 Å². The molecule has 0 radical (unpaired) electrons. The maximum absolute atomic E-state index is 6.24. The molecule has 2 N–H and O–H groups in total. The highest BCUT2D eigenvalue weighted by Gasteiger charge is 2.17. The summed E-state index contributed by atoms with van der Waals surface area (Å²) < 4.78 is 5.66. The Morgan fingerprint density at radius 2 is 1.89 bits per heavy atom. The number of nitrogens with two attached hydrogens (primary N) is 1. The van der Waals surface area contributed by atoms with Crippen LogP contribution in [0, 0.1) is 0 Å². The Kier molecular flexibility index (Phi) is 6.58. The molecular weight excluding hydrogens is 244 g/mol. The minimum Gasteiger partial charge on any atom is -0.494 e. The average Bonchev–Trinajstić information content (AvgIpc) is 2.32. The van der Waals surface area contributed by atoms with E-state index in [-0.39, 0.29) is 5.54 Å². The van der Waals surface area contributed by atoms with Crippen LogP contribution in [0.4, 0.5) is 0 Å². The van der Waals surface area contributed by atoms with Gasteiger partial charge in [0.15, 0.2) is 0 Å². The van der Waals surface area contributed by atoms with Crippen molar-refractivity contribution < 1.29 is 4.74 Å². The number of hydrogen-bond donors (Lipinski definition) is 1. The Bertz CT molecular complexity index is 340. The molecule has 1 atom stereocenters. The molecule has 100 valence electrons. The maximum Gasteiger partial charge on any atom is 0.119 e. The quantitative estimate of drug-likeness (QED) is 0.580. The fraction of sp³-hybridized carbons (Fsp3) is 0.571. The van der Waals surface area contributed by atoms with Crippen LogP contribution >= 0.6 is 11.6 Å². The van der Waals surface area contributed by atoms with Crippen molar-refractivity contribution in [2.45, 2.75) is 44.5 Å². The minimum absolute atomic E-state index is 0.123. The highest BCUT2D eigenvalue weighted by Crippen LogP contribution is 2.19. The Morgan fingerprint density at radius 3 is 2.50 bits per heavy atom. The zero-order chi connectivity index (χ0) is 13.4. The van der Waals surface area contributed by atoms with Crippen molar-refractivity contribution >= 4 is 19.4 Å². The van der Waals surface area contributed by atoms with E-state index in [4.69, 9.17) is 22.1 Å². The molecule has 0 aliphatic heterocycles. The monoisotopic (exact) mass is 267 g/mol. The second-order valence-electron chi connectivity index (χ2n) is 5.16. The topological polar surface area (TPSA) is 35.2 Å². The molecule has 1 rings (SSSR count). The first-order valence-electron chi connectivity index (χ1n) is 6.71. The highest BCUT2D eigenvalue weighted by molar-refractivity contribution is 6.30. The van der Waals surface area contributed by atoms with Gasteiger partial charge in [0.05, 0.1) is 6.61 Å². The lowest BCUT2D eigenvalue weighted by molar-refractivity contribution is 0.256. The maximum atomic E-state index is 6.24. The van der Waals surface area contributed by atoms with Crippen molar-refractivity contribution in [3.05, 3.63) is 29.3 Å². The molecule has 1 aromatic carbocycles. The third-order valence-corrected chi connectivity index (χ3v) is 3.36. The Morgan fingerprint density at radius 1 is 1.22 bits per heavy atom. The number of unbranched alkanes of at least 4 members (excludes halogenated alkanes) is 1. The molecule has 0 spiro atoms. The molecule has 0 amide bonds. The fourth-order valence-corrected chi connectivity index (χ4v) is 1.96. The van der Waals surface area contributed by atoms with Gasteiger partial charge in [-0.15, -0.1) is 0 Å².